The van der Waals surface area contributed by atoms with Crippen LogP contribution >= 0.6 is 19.2 Å². The maximum Gasteiger partial charge on any atom is 0.421 e. The highest BCUT2D eigenvalue weighted by atomic mass is 35.5. The smallest absolute Gasteiger partial charge is 0.340 e. The molecule has 11 heteroatoms. The Labute approximate surface area is 152 Å². The van der Waals surface area contributed by atoms with Crippen molar-refractivity contribution in [2.45, 2.75) is 18.8 Å². The van der Waals surface area contributed by atoms with Crippen LogP contribution in [0.4, 0.5) is 24.7 Å². The van der Waals surface area contributed by atoms with Gasteiger partial charge in [0.25, 0.3) is 0 Å². The molecule has 1 aliphatic heterocycles. The zero-order chi connectivity index (χ0) is 18.8. The molecule has 0 spiro atoms. The lowest BCUT2D eigenvalue weighted by atomic mass is 10.2. The predicted molar refractivity (Wildman–Crippen MR) is 89.6 cm³/mol. The fourth-order valence-electron chi connectivity index (χ4n) is 2.31. The van der Waals surface area contributed by atoms with Crippen LogP contribution in [-0.2, 0) is 26.0 Å². The van der Waals surface area contributed by atoms with E-state index in [2.05, 4.69) is 15.3 Å². The zero-order valence-corrected chi connectivity index (χ0v) is 14.9. The number of anilines is 2. The number of hydrogen-bond donors (Lipinski definition) is 1. The summed E-state index contributed by atoms with van der Waals surface area (Å²) in [5, 5.41) is 2.27. The van der Waals surface area contributed by atoms with Crippen LogP contribution in [0.15, 0.2) is 30.5 Å². The second kappa shape index (κ2) is 7.52. The van der Waals surface area contributed by atoms with Crippen LogP contribution in [0.3, 0.4) is 0 Å². The largest absolute Gasteiger partial charge is 0.421 e. The lowest BCUT2D eigenvalue weighted by molar-refractivity contribution is -0.137. The van der Waals surface area contributed by atoms with Crippen molar-refractivity contribution in [2.24, 2.45) is 0 Å². The third kappa shape index (κ3) is 4.73. The summed E-state index contributed by atoms with van der Waals surface area (Å²) in [6, 6.07) is 6.34. The normalized spacial score (nSPS) is 17.1. The van der Waals surface area contributed by atoms with Gasteiger partial charge in [-0.15, -0.1) is 0 Å². The fraction of sp³-hybridized carbons (Fsp3) is 0.333. The third-order valence-electron chi connectivity index (χ3n) is 3.52. The first kappa shape index (κ1) is 19.1. The van der Waals surface area contributed by atoms with Crippen LogP contribution in [0.1, 0.15) is 17.5 Å². The number of alkyl halides is 3. The maximum absolute atomic E-state index is 13.0. The van der Waals surface area contributed by atoms with Crippen LogP contribution in [-0.4, -0.2) is 23.2 Å². The van der Waals surface area contributed by atoms with Crippen molar-refractivity contribution < 1.29 is 26.8 Å². The molecule has 0 saturated carbocycles. The molecule has 0 bridgehead atoms. The molecule has 26 heavy (non-hydrogen) atoms. The van der Waals surface area contributed by atoms with Crippen LogP contribution in [0, 0.1) is 0 Å². The average Bonchev–Trinajstić information content (AvgIpc) is 2.56. The Morgan fingerprint density at radius 1 is 1.19 bits per heavy atom. The maximum atomic E-state index is 13.0. The molecule has 0 radical (unpaired) electrons. The Morgan fingerprint density at radius 3 is 2.46 bits per heavy atom. The van der Waals surface area contributed by atoms with E-state index in [1.165, 1.54) is 0 Å². The van der Waals surface area contributed by atoms with Crippen molar-refractivity contribution in [1.29, 1.82) is 0 Å². The van der Waals surface area contributed by atoms with Gasteiger partial charge in [0.1, 0.15) is 11.4 Å². The van der Waals surface area contributed by atoms with Gasteiger partial charge >= 0.3 is 13.8 Å². The molecule has 1 N–H and O–H groups in total. The van der Waals surface area contributed by atoms with Crippen molar-refractivity contribution >= 4 is 30.7 Å². The van der Waals surface area contributed by atoms with Crippen LogP contribution in [0.2, 0.25) is 5.28 Å². The van der Waals surface area contributed by atoms with Gasteiger partial charge in [0.2, 0.25) is 5.28 Å². The molecule has 0 unspecified atom stereocenters. The summed E-state index contributed by atoms with van der Waals surface area (Å²) in [6.45, 7) is 0.761. The molecule has 1 saturated heterocycles. The second-order valence-corrected chi connectivity index (χ2v) is 7.90. The predicted octanol–water partition coefficient (Wildman–Crippen LogP) is 5.02. The first-order valence-corrected chi connectivity index (χ1v) is 9.70. The van der Waals surface area contributed by atoms with Crippen molar-refractivity contribution in [3.05, 3.63) is 46.9 Å². The molecule has 0 amide bonds. The van der Waals surface area contributed by atoms with Gasteiger partial charge in [-0.25, -0.2) is 4.98 Å². The topological polar surface area (TPSA) is 73.3 Å². The van der Waals surface area contributed by atoms with Gasteiger partial charge in [0, 0.05) is 11.9 Å². The number of hydrogen-bond acceptors (Lipinski definition) is 6. The minimum Gasteiger partial charge on any atom is -0.340 e. The Hall–Kier alpha value is -1.67. The Balaban J connectivity index is 1.76. The van der Waals surface area contributed by atoms with E-state index in [1.807, 2.05) is 0 Å². The number of nitrogens with one attached hydrogen (secondary N) is 1. The van der Waals surface area contributed by atoms with E-state index in [1.54, 1.807) is 24.3 Å². The van der Waals surface area contributed by atoms with Crippen molar-refractivity contribution in [3.8, 4) is 0 Å². The highest BCUT2D eigenvalue weighted by Crippen LogP contribution is 2.53. The Kier molecular flexibility index (Phi) is 5.53. The van der Waals surface area contributed by atoms with E-state index in [4.69, 9.17) is 20.6 Å². The van der Waals surface area contributed by atoms with E-state index in [0.717, 1.165) is 0 Å². The molecular weight excluding hydrogens is 394 g/mol. The summed E-state index contributed by atoms with van der Waals surface area (Å²) < 4.78 is 61.9. The SMILES string of the molecule is O=P1(Cc2ccc(Nc3nc(Cl)ncc3C(F)(F)F)cc2)OCCCO1. The zero-order valence-electron chi connectivity index (χ0n) is 13.3. The summed E-state index contributed by atoms with van der Waals surface area (Å²) in [6.07, 6.45) is -3.21. The molecule has 1 aromatic carbocycles. The Morgan fingerprint density at radius 2 is 1.85 bits per heavy atom. The number of benzene rings is 1. The number of rotatable bonds is 4. The van der Waals surface area contributed by atoms with E-state index >= 15 is 0 Å². The van der Waals surface area contributed by atoms with Crippen molar-refractivity contribution in [1.82, 2.24) is 9.97 Å². The van der Waals surface area contributed by atoms with E-state index < -0.39 is 25.2 Å². The van der Waals surface area contributed by atoms with Gasteiger partial charge in [0.15, 0.2) is 0 Å². The monoisotopic (exact) mass is 407 g/mol. The van der Waals surface area contributed by atoms with Gasteiger partial charge < -0.3 is 14.4 Å². The summed E-state index contributed by atoms with van der Waals surface area (Å²) in [4.78, 5) is 6.97. The highest BCUT2D eigenvalue weighted by molar-refractivity contribution is 7.53. The number of halogens is 4. The lowest BCUT2D eigenvalue weighted by Gasteiger charge is -2.23. The Bertz CT molecular complexity index is 823. The minimum absolute atomic E-state index is 0.0976. The summed E-state index contributed by atoms with van der Waals surface area (Å²) in [7, 11) is -3.16. The highest BCUT2D eigenvalue weighted by Gasteiger charge is 2.35. The van der Waals surface area contributed by atoms with E-state index in [0.29, 0.717) is 37.1 Å². The second-order valence-electron chi connectivity index (χ2n) is 5.51. The lowest BCUT2D eigenvalue weighted by Crippen LogP contribution is -2.11. The van der Waals surface area contributed by atoms with Crippen molar-refractivity contribution in [3.63, 3.8) is 0 Å². The number of nitrogens with zero attached hydrogens (tertiary/aromatic N) is 2. The first-order valence-electron chi connectivity index (χ1n) is 7.59. The fourth-order valence-corrected chi connectivity index (χ4v) is 4.17. The molecular formula is C15H14ClF3N3O3P. The summed E-state index contributed by atoms with van der Waals surface area (Å²) in [5.74, 6) is -0.447. The van der Waals surface area contributed by atoms with Crippen molar-refractivity contribution in [2.75, 3.05) is 18.5 Å². The molecule has 1 fully saturated rings. The molecule has 6 nitrogen and oxygen atoms in total. The van der Waals surface area contributed by atoms with Gasteiger partial charge in [0.05, 0.1) is 19.4 Å². The molecule has 0 atom stereocenters. The van der Waals surface area contributed by atoms with Gasteiger partial charge in [-0.1, -0.05) is 12.1 Å². The molecule has 0 aliphatic carbocycles. The van der Waals surface area contributed by atoms with Gasteiger partial charge in [-0.3, -0.25) is 4.57 Å². The average molecular weight is 408 g/mol. The van der Waals surface area contributed by atoms with Gasteiger partial charge in [-0.05, 0) is 35.7 Å². The molecule has 140 valence electrons. The summed E-state index contributed by atoms with van der Waals surface area (Å²) >= 11 is 5.59. The van der Waals surface area contributed by atoms with Gasteiger partial charge in [-0.2, -0.15) is 18.2 Å². The summed E-state index contributed by atoms with van der Waals surface area (Å²) in [5.41, 5.74) is 0.00903. The van der Waals surface area contributed by atoms with Crippen LogP contribution < -0.4 is 5.32 Å². The minimum atomic E-state index is -4.62. The molecule has 1 aliphatic rings. The van der Waals surface area contributed by atoms with E-state index in [-0.39, 0.29) is 11.4 Å². The molecule has 2 heterocycles. The molecule has 1 aromatic heterocycles. The quantitative estimate of drug-likeness (QED) is 0.566. The number of aromatic nitrogens is 2. The van der Waals surface area contributed by atoms with Crippen LogP contribution in [0.5, 0.6) is 0 Å². The standard InChI is InChI=1S/C15H14ClF3N3O3P/c16-14-20-8-12(15(17,18)19)13(22-14)21-11-4-2-10(3-5-11)9-26(23)24-6-1-7-25-26/h2-5,8H,1,6-7,9H2,(H,20,21,22). The van der Waals surface area contributed by atoms with Crippen LogP contribution in [0.25, 0.3) is 0 Å². The molecule has 3 rings (SSSR count). The first-order chi connectivity index (χ1) is 12.3. The van der Waals surface area contributed by atoms with E-state index in [9.17, 15) is 17.7 Å². The molecule has 2 aromatic rings. The third-order valence-corrected chi connectivity index (χ3v) is 5.61.